The molecule has 2 atom stereocenters. The van der Waals surface area contributed by atoms with Gasteiger partial charge in [-0.2, -0.15) is 0 Å². The zero-order valence-corrected chi connectivity index (χ0v) is 22.7. The molecule has 2 fully saturated rings. The molecule has 1 saturated carbocycles. The first-order valence-corrected chi connectivity index (χ1v) is 12.9. The predicted molar refractivity (Wildman–Crippen MR) is 133 cm³/mol. The number of amides is 2. The number of alkyl carbamates (subject to hydrolysis) is 1. The summed E-state index contributed by atoms with van der Waals surface area (Å²) in [5.41, 5.74) is -1.12. The third-order valence-corrected chi connectivity index (χ3v) is 8.06. The zero-order valence-electron chi connectivity index (χ0n) is 21.8. The van der Waals surface area contributed by atoms with Gasteiger partial charge in [0.2, 0.25) is 0 Å². The monoisotopic (exact) mass is 514 g/mol. The fourth-order valence-corrected chi connectivity index (χ4v) is 5.23. The summed E-state index contributed by atoms with van der Waals surface area (Å²) in [6.45, 7) is 14.8. The Labute approximate surface area is 210 Å². The van der Waals surface area contributed by atoms with Gasteiger partial charge in [0.15, 0.2) is 0 Å². The van der Waals surface area contributed by atoms with Crippen LogP contribution >= 0.6 is 11.3 Å². The third-order valence-electron chi connectivity index (χ3n) is 6.77. The molecule has 2 amide bonds. The first-order chi connectivity index (χ1) is 16.0. The van der Waals surface area contributed by atoms with Gasteiger partial charge in [0.1, 0.15) is 11.6 Å². The number of hydrogen-bond acceptors (Lipinski definition) is 6. The lowest BCUT2D eigenvalue weighted by Crippen LogP contribution is -2.62. The van der Waals surface area contributed by atoms with Crippen molar-refractivity contribution >= 4 is 35.9 Å². The maximum Gasteiger partial charge on any atom is 0.496 e. The molecule has 0 aromatic carbocycles. The maximum absolute atomic E-state index is 14.9. The van der Waals surface area contributed by atoms with E-state index < -0.39 is 53.9 Å². The van der Waals surface area contributed by atoms with Crippen molar-refractivity contribution in [2.24, 2.45) is 0 Å². The number of ether oxygens (including phenoxy) is 1. The second kappa shape index (κ2) is 9.63. The summed E-state index contributed by atoms with van der Waals surface area (Å²) in [6, 6.07) is -0.840. The Morgan fingerprint density at radius 2 is 1.77 bits per heavy atom. The van der Waals surface area contributed by atoms with E-state index >= 15 is 0 Å². The van der Waals surface area contributed by atoms with E-state index in [1.54, 1.807) is 26.8 Å². The Hall–Kier alpha value is -1.72. The molecule has 1 aliphatic carbocycles. The Balaban J connectivity index is 1.80. The molecule has 2 N–H and O–H groups in total. The van der Waals surface area contributed by atoms with E-state index in [1.165, 1.54) is 11.3 Å². The van der Waals surface area contributed by atoms with Crippen LogP contribution in [0.3, 0.4) is 0 Å². The minimum Gasteiger partial charge on any atom is -0.444 e. The highest BCUT2D eigenvalue weighted by Gasteiger charge is 2.53. The van der Waals surface area contributed by atoms with Crippen molar-refractivity contribution in [3.05, 3.63) is 15.8 Å². The van der Waals surface area contributed by atoms with Gasteiger partial charge in [-0.1, -0.05) is 6.92 Å². The average molecular weight is 514 g/mol. The number of rotatable bonds is 5. The van der Waals surface area contributed by atoms with Gasteiger partial charge in [0.05, 0.1) is 22.1 Å². The van der Waals surface area contributed by atoms with Crippen LogP contribution in [0.4, 0.5) is 13.6 Å². The van der Waals surface area contributed by atoms with E-state index in [9.17, 15) is 18.4 Å². The summed E-state index contributed by atoms with van der Waals surface area (Å²) < 4.78 is 47.3. The molecular weight excluding hydrogens is 477 g/mol. The van der Waals surface area contributed by atoms with E-state index in [2.05, 4.69) is 10.6 Å². The van der Waals surface area contributed by atoms with Crippen molar-refractivity contribution < 1.29 is 32.4 Å². The normalized spacial score (nSPS) is 25.3. The van der Waals surface area contributed by atoms with Crippen LogP contribution in [0, 0.1) is 0 Å². The van der Waals surface area contributed by atoms with Crippen molar-refractivity contribution in [2.75, 3.05) is 0 Å². The highest BCUT2D eigenvalue weighted by molar-refractivity contribution is 7.15. The fraction of sp³-hybridized carbons (Fsp3) is 0.750. The molecule has 1 aromatic rings. The summed E-state index contributed by atoms with van der Waals surface area (Å²) >= 11 is 1.24. The lowest BCUT2D eigenvalue weighted by atomic mass is 9.78. The Morgan fingerprint density at radius 1 is 1.17 bits per heavy atom. The van der Waals surface area contributed by atoms with Crippen molar-refractivity contribution in [3.63, 3.8) is 0 Å². The van der Waals surface area contributed by atoms with Crippen LogP contribution in [0.2, 0.25) is 0 Å². The number of halogens is 2. The minimum atomic E-state index is -3.17. The quantitative estimate of drug-likeness (QED) is 0.569. The van der Waals surface area contributed by atoms with Crippen LogP contribution in [-0.2, 0) is 20.5 Å². The van der Waals surface area contributed by atoms with Gasteiger partial charge in [0.25, 0.3) is 11.8 Å². The summed E-state index contributed by atoms with van der Waals surface area (Å²) in [4.78, 5) is 26.6. The third kappa shape index (κ3) is 6.17. The number of carbonyl (C=O) groups excluding carboxylic acids is 2. The van der Waals surface area contributed by atoms with Crippen molar-refractivity contribution in [3.8, 4) is 0 Å². The molecule has 11 heteroatoms. The van der Waals surface area contributed by atoms with Crippen LogP contribution in [-0.4, -0.2) is 53.9 Å². The predicted octanol–water partition coefficient (Wildman–Crippen LogP) is 4.42. The molecule has 2 aliphatic rings. The van der Waals surface area contributed by atoms with E-state index in [4.69, 9.17) is 14.0 Å². The van der Waals surface area contributed by atoms with Gasteiger partial charge in [-0.3, -0.25) is 4.79 Å². The van der Waals surface area contributed by atoms with E-state index in [0.717, 1.165) is 10.3 Å². The van der Waals surface area contributed by atoms with Crippen molar-refractivity contribution in [2.45, 2.75) is 116 Å². The lowest BCUT2D eigenvalue weighted by molar-refractivity contribution is -0.0723. The SMILES string of the molecule is CCc1sc(C(=O)N[C@@H]2[C@H](NC(=O)OC(C)(C)C)CCCC2(F)F)cc1B1OC(C)(C)C(C)(C)O1. The molecule has 196 valence electrons. The summed E-state index contributed by atoms with van der Waals surface area (Å²) in [7, 11) is -0.648. The number of carbonyl (C=O) groups is 2. The maximum atomic E-state index is 14.9. The molecule has 0 spiro atoms. The zero-order chi connectivity index (χ0) is 26.4. The van der Waals surface area contributed by atoms with Gasteiger partial charge < -0.3 is 24.7 Å². The molecule has 0 radical (unpaired) electrons. The van der Waals surface area contributed by atoms with Crippen LogP contribution < -0.4 is 16.1 Å². The topological polar surface area (TPSA) is 85.9 Å². The minimum absolute atomic E-state index is 0.227. The molecule has 7 nitrogen and oxygen atoms in total. The lowest BCUT2D eigenvalue weighted by Gasteiger charge is -2.38. The summed E-state index contributed by atoms with van der Waals surface area (Å²) in [6.07, 6.45) is 0.0228. The number of hydrogen-bond donors (Lipinski definition) is 2. The average Bonchev–Trinajstić information content (AvgIpc) is 3.21. The van der Waals surface area contributed by atoms with Gasteiger partial charge in [0, 0.05) is 11.3 Å². The van der Waals surface area contributed by atoms with Gasteiger partial charge in [-0.15, -0.1) is 11.3 Å². The standard InChI is InChI=1S/C24H37BF2N2O5S/c1-9-16-14(25-33-22(5,6)23(7,8)34-25)13-17(35-16)19(30)29-18-15(11-10-12-24(18,26)27)28-20(31)32-21(2,3)4/h13,15,18H,9-12H2,1-8H3,(H,28,31)(H,29,30)/t15-,18-/m1/s1. The Kier molecular flexibility index (Phi) is 7.67. The van der Waals surface area contributed by atoms with E-state index in [1.807, 2.05) is 34.6 Å². The highest BCUT2D eigenvalue weighted by Crippen LogP contribution is 2.38. The smallest absolute Gasteiger partial charge is 0.444 e. The Bertz CT molecular complexity index is 944. The Morgan fingerprint density at radius 3 is 2.31 bits per heavy atom. The van der Waals surface area contributed by atoms with Crippen LogP contribution in [0.15, 0.2) is 6.07 Å². The number of nitrogens with one attached hydrogen (secondary N) is 2. The first kappa shape index (κ1) is 27.9. The summed E-state index contributed by atoms with van der Waals surface area (Å²) in [5, 5.41) is 5.04. The second-order valence-corrected chi connectivity index (χ2v) is 12.4. The number of aryl methyl sites for hydroxylation is 1. The molecule has 1 saturated heterocycles. The van der Waals surface area contributed by atoms with E-state index in [0.29, 0.717) is 17.7 Å². The molecule has 1 aromatic heterocycles. The second-order valence-electron chi connectivity index (χ2n) is 11.3. The number of thiophene rings is 1. The molecule has 1 aliphatic heterocycles. The van der Waals surface area contributed by atoms with Crippen molar-refractivity contribution in [1.29, 1.82) is 0 Å². The largest absolute Gasteiger partial charge is 0.496 e. The van der Waals surface area contributed by atoms with Crippen molar-refractivity contribution in [1.82, 2.24) is 10.6 Å². The molecule has 0 unspecified atom stereocenters. The highest BCUT2D eigenvalue weighted by atomic mass is 32.1. The molecular formula is C24H37BF2N2O5S. The van der Waals surface area contributed by atoms with E-state index in [-0.39, 0.29) is 12.8 Å². The molecule has 0 bridgehead atoms. The summed E-state index contributed by atoms with van der Waals surface area (Å²) in [5.74, 6) is -3.79. The molecule has 2 heterocycles. The van der Waals surface area contributed by atoms with Crippen LogP contribution in [0.5, 0.6) is 0 Å². The fourth-order valence-electron chi connectivity index (χ4n) is 4.21. The van der Waals surface area contributed by atoms with Crippen LogP contribution in [0.1, 0.15) is 89.2 Å². The van der Waals surface area contributed by atoms with Gasteiger partial charge in [-0.05, 0) is 79.3 Å². The molecule has 3 rings (SSSR count). The molecule has 35 heavy (non-hydrogen) atoms. The first-order valence-electron chi connectivity index (χ1n) is 12.1. The van der Waals surface area contributed by atoms with Crippen LogP contribution in [0.25, 0.3) is 0 Å². The van der Waals surface area contributed by atoms with Gasteiger partial charge >= 0.3 is 13.2 Å². The van der Waals surface area contributed by atoms with Gasteiger partial charge in [-0.25, -0.2) is 13.6 Å². The number of alkyl halides is 2.